The van der Waals surface area contributed by atoms with E-state index in [-0.39, 0.29) is 18.3 Å². The maximum atomic E-state index is 12.5. The summed E-state index contributed by atoms with van der Waals surface area (Å²) < 4.78 is 5.30. The van der Waals surface area contributed by atoms with E-state index in [1.807, 2.05) is 24.3 Å². The second-order valence-electron chi connectivity index (χ2n) is 7.12. The Morgan fingerprint density at radius 1 is 1.00 bits per heavy atom. The number of hydrogen-bond donors (Lipinski definition) is 1. The molecule has 3 aromatic rings. The normalized spacial score (nSPS) is 12.0. The smallest absolute Gasteiger partial charge is 0.348 e. The molecule has 154 valence electrons. The zero-order chi connectivity index (χ0) is 21.1. The van der Waals surface area contributed by atoms with Crippen molar-refractivity contribution < 1.29 is 19.1 Å². The van der Waals surface area contributed by atoms with Gasteiger partial charge in [-0.05, 0) is 54.2 Å². The Hall–Kier alpha value is -2.77. The van der Waals surface area contributed by atoms with Crippen LogP contribution in [0.4, 0.5) is 0 Å². The van der Waals surface area contributed by atoms with Gasteiger partial charge in [-0.25, -0.2) is 4.79 Å². The Bertz CT molecular complexity index is 1110. The van der Waals surface area contributed by atoms with E-state index in [4.69, 9.17) is 4.74 Å². The maximum Gasteiger partial charge on any atom is 0.348 e. The van der Waals surface area contributed by atoms with Gasteiger partial charge in [-0.3, -0.25) is 9.59 Å². The van der Waals surface area contributed by atoms with Crippen molar-refractivity contribution in [3.8, 4) is 10.4 Å². The average Bonchev–Trinajstić information content (AvgIpc) is 3.39. The van der Waals surface area contributed by atoms with Crippen LogP contribution in [0.2, 0.25) is 0 Å². The Labute approximate surface area is 182 Å². The van der Waals surface area contributed by atoms with Crippen LogP contribution in [0.3, 0.4) is 0 Å². The van der Waals surface area contributed by atoms with E-state index in [1.165, 1.54) is 46.3 Å². The van der Waals surface area contributed by atoms with Crippen LogP contribution in [0.5, 0.6) is 0 Å². The molecule has 0 unspecified atom stereocenters. The number of hydrogen-bond acceptors (Lipinski definition) is 6. The number of esters is 1. The van der Waals surface area contributed by atoms with Crippen molar-refractivity contribution in [2.75, 3.05) is 13.2 Å². The maximum absolute atomic E-state index is 12.5. The molecule has 1 N–H and O–H groups in total. The van der Waals surface area contributed by atoms with Gasteiger partial charge in [0.05, 0.1) is 4.88 Å². The zero-order valence-corrected chi connectivity index (χ0v) is 18.2. The molecule has 0 saturated carbocycles. The van der Waals surface area contributed by atoms with E-state index >= 15 is 0 Å². The second-order valence-corrected chi connectivity index (χ2v) is 9.34. The molecule has 2 heterocycles. The zero-order valence-electron chi connectivity index (χ0n) is 16.5. The molecule has 1 aliphatic carbocycles. The van der Waals surface area contributed by atoms with Crippen LogP contribution in [0.15, 0.2) is 42.5 Å². The van der Waals surface area contributed by atoms with E-state index in [9.17, 15) is 14.4 Å². The van der Waals surface area contributed by atoms with Gasteiger partial charge in [-0.1, -0.05) is 24.3 Å². The summed E-state index contributed by atoms with van der Waals surface area (Å²) in [6.45, 7) is 1.73. The van der Waals surface area contributed by atoms with Crippen molar-refractivity contribution in [3.05, 3.63) is 68.2 Å². The number of thiophene rings is 2. The number of aryl methyl sites for hydroxylation is 2. The standard InChI is InChI=1S/C23H21NO4S2/c1-14(25)24-11-10-17-8-9-20(29-17)19(26)13-28-23(27)21-12-16-7-6-15-4-2-3-5-18(15)22(16)30-21/h2-5,8-9,12H,6-7,10-11,13H2,1H3,(H,24,25). The van der Waals surface area contributed by atoms with Crippen LogP contribution in [0, 0.1) is 0 Å². The molecule has 2 aromatic heterocycles. The van der Waals surface area contributed by atoms with Crippen LogP contribution in [0.25, 0.3) is 10.4 Å². The Kier molecular flexibility index (Phi) is 6.11. The first kappa shape index (κ1) is 20.5. The summed E-state index contributed by atoms with van der Waals surface area (Å²) in [5, 5.41) is 2.73. The third kappa shape index (κ3) is 4.52. The van der Waals surface area contributed by atoms with Crippen molar-refractivity contribution in [2.45, 2.75) is 26.2 Å². The molecular formula is C23H21NO4S2. The van der Waals surface area contributed by atoms with Gasteiger partial charge in [0.25, 0.3) is 0 Å². The van der Waals surface area contributed by atoms with Gasteiger partial charge in [0.15, 0.2) is 6.61 Å². The highest BCUT2D eigenvalue weighted by Crippen LogP contribution is 2.39. The van der Waals surface area contributed by atoms with E-state index in [0.29, 0.717) is 22.7 Å². The summed E-state index contributed by atoms with van der Waals surface area (Å²) >= 11 is 2.80. The number of ether oxygens (including phenoxy) is 1. The fraction of sp³-hybridized carbons (Fsp3) is 0.261. The van der Waals surface area contributed by atoms with Crippen molar-refractivity contribution in [2.24, 2.45) is 0 Å². The summed E-state index contributed by atoms with van der Waals surface area (Å²) in [6, 6.07) is 13.8. The number of fused-ring (bicyclic) bond motifs is 3. The van der Waals surface area contributed by atoms with E-state index < -0.39 is 5.97 Å². The van der Waals surface area contributed by atoms with Gasteiger partial charge >= 0.3 is 5.97 Å². The van der Waals surface area contributed by atoms with Crippen molar-refractivity contribution >= 4 is 40.3 Å². The lowest BCUT2D eigenvalue weighted by Crippen LogP contribution is -2.22. The average molecular weight is 440 g/mol. The number of rotatable bonds is 7. The SMILES string of the molecule is CC(=O)NCCc1ccc(C(=O)COC(=O)c2cc3c(s2)-c2ccccc2CC3)s1. The number of benzene rings is 1. The van der Waals surface area contributed by atoms with Crippen LogP contribution < -0.4 is 5.32 Å². The van der Waals surface area contributed by atoms with Gasteiger partial charge in [-0.2, -0.15) is 0 Å². The van der Waals surface area contributed by atoms with Crippen LogP contribution in [-0.2, 0) is 28.8 Å². The fourth-order valence-corrected chi connectivity index (χ4v) is 5.57. The molecule has 0 spiro atoms. The fourth-order valence-electron chi connectivity index (χ4n) is 3.47. The van der Waals surface area contributed by atoms with Crippen LogP contribution in [0.1, 0.15) is 42.3 Å². The van der Waals surface area contributed by atoms with E-state index in [0.717, 1.165) is 22.6 Å². The number of nitrogens with one attached hydrogen (secondary N) is 1. The van der Waals surface area contributed by atoms with Gasteiger partial charge in [-0.15, -0.1) is 22.7 Å². The molecule has 1 aromatic carbocycles. The highest BCUT2D eigenvalue weighted by Gasteiger charge is 2.22. The molecule has 0 atom stereocenters. The molecule has 0 aliphatic heterocycles. The first-order valence-electron chi connectivity index (χ1n) is 9.75. The molecular weight excluding hydrogens is 418 g/mol. The quantitative estimate of drug-likeness (QED) is 0.440. The van der Waals surface area contributed by atoms with Crippen molar-refractivity contribution in [1.82, 2.24) is 5.32 Å². The minimum absolute atomic E-state index is 0.0755. The number of carbonyl (C=O) groups is 3. The van der Waals surface area contributed by atoms with Crippen LogP contribution >= 0.6 is 22.7 Å². The highest BCUT2D eigenvalue weighted by molar-refractivity contribution is 7.17. The largest absolute Gasteiger partial charge is 0.453 e. The predicted molar refractivity (Wildman–Crippen MR) is 118 cm³/mol. The molecule has 0 fully saturated rings. The van der Waals surface area contributed by atoms with Crippen molar-refractivity contribution in [1.29, 1.82) is 0 Å². The molecule has 0 bridgehead atoms. The van der Waals surface area contributed by atoms with E-state index in [2.05, 4.69) is 17.4 Å². The Balaban J connectivity index is 1.36. The molecule has 30 heavy (non-hydrogen) atoms. The summed E-state index contributed by atoms with van der Waals surface area (Å²) in [5.74, 6) is -0.748. The minimum Gasteiger partial charge on any atom is -0.453 e. The lowest BCUT2D eigenvalue weighted by molar-refractivity contribution is -0.118. The number of ketones is 1. The molecule has 0 radical (unpaired) electrons. The summed E-state index contributed by atoms with van der Waals surface area (Å²) in [5.41, 5.74) is 3.65. The minimum atomic E-state index is -0.456. The Morgan fingerprint density at radius 3 is 2.63 bits per heavy atom. The predicted octanol–water partition coefficient (Wildman–Crippen LogP) is 4.29. The lowest BCUT2D eigenvalue weighted by atomic mass is 9.91. The van der Waals surface area contributed by atoms with Gasteiger partial charge in [0.1, 0.15) is 4.88 Å². The van der Waals surface area contributed by atoms with Crippen LogP contribution in [-0.4, -0.2) is 30.8 Å². The molecule has 7 heteroatoms. The summed E-state index contributed by atoms with van der Waals surface area (Å²) in [6.07, 6.45) is 2.54. The number of carbonyl (C=O) groups excluding carboxylic acids is 3. The van der Waals surface area contributed by atoms with Crippen molar-refractivity contribution in [3.63, 3.8) is 0 Å². The van der Waals surface area contributed by atoms with Gasteiger partial charge < -0.3 is 10.1 Å². The first-order chi connectivity index (χ1) is 14.5. The Morgan fingerprint density at radius 2 is 1.80 bits per heavy atom. The molecule has 4 rings (SSSR count). The number of Topliss-reactive ketones (excluding diaryl/α,β-unsaturated/α-hetero) is 1. The molecule has 1 amide bonds. The molecule has 5 nitrogen and oxygen atoms in total. The lowest BCUT2D eigenvalue weighted by Gasteiger charge is -2.15. The van der Waals surface area contributed by atoms with Gasteiger partial charge in [0, 0.05) is 23.2 Å². The number of amides is 1. The third-order valence-electron chi connectivity index (χ3n) is 4.95. The topological polar surface area (TPSA) is 72.5 Å². The second kappa shape index (κ2) is 8.93. The van der Waals surface area contributed by atoms with E-state index in [1.54, 1.807) is 6.07 Å². The highest BCUT2D eigenvalue weighted by atomic mass is 32.1. The summed E-state index contributed by atoms with van der Waals surface area (Å²) in [4.78, 5) is 39.1. The summed E-state index contributed by atoms with van der Waals surface area (Å²) in [7, 11) is 0. The molecule has 0 saturated heterocycles. The van der Waals surface area contributed by atoms with Gasteiger partial charge in [0.2, 0.25) is 11.7 Å². The monoisotopic (exact) mass is 439 g/mol. The first-order valence-corrected chi connectivity index (χ1v) is 11.4. The third-order valence-corrected chi connectivity index (χ3v) is 7.33. The molecule has 1 aliphatic rings.